The summed E-state index contributed by atoms with van der Waals surface area (Å²) >= 11 is 0. The van der Waals surface area contributed by atoms with Crippen LogP contribution in [0.15, 0.2) is 6.20 Å². The van der Waals surface area contributed by atoms with Crippen molar-refractivity contribution in [1.82, 2.24) is 19.6 Å². The second-order valence-electron chi connectivity index (χ2n) is 7.20. The molecular weight excluding hydrogens is 292 g/mol. The molecule has 1 atom stereocenters. The summed E-state index contributed by atoms with van der Waals surface area (Å²) < 4.78 is 7.25. The molecular formula is C17H26N4O2. The van der Waals surface area contributed by atoms with E-state index in [1.165, 1.54) is 19.4 Å². The van der Waals surface area contributed by atoms with Gasteiger partial charge in [-0.05, 0) is 25.2 Å². The highest BCUT2D eigenvalue weighted by molar-refractivity contribution is 5.95. The first-order valence-corrected chi connectivity index (χ1v) is 8.83. The Kier molecular flexibility index (Phi) is 4.11. The van der Waals surface area contributed by atoms with E-state index in [9.17, 15) is 4.79 Å². The van der Waals surface area contributed by atoms with Crippen molar-refractivity contribution in [2.75, 3.05) is 45.9 Å². The molecule has 0 spiro atoms. The molecule has 0 unspecified atom stereocenters. The quantitative estimate of drug-likeness (QED) is 0.834. The number of aryl methyl sites for hydroxylation is 1. The monoisotopic (exact) mass is 318 g/mol. The number of ether oxygens (including phenoxy) is 1. The molecule has 3 heterocycles. The number of aromatic nitrogens is 2. The van der Waals surface area contributed by atoms with Crippen molar-refractivity contribution in [3.05, 3.63) is 17.5 Å². The zero-order valence-electron chi connectivity index (χ0n) is 13.9. The fraction of sp³-hybridized carbons (Fsp3) is 0.765. The molecule has 0 radical (unpaired) electrons. The van der Waals surface area contributed by atoms with Crippen LogP contribution in [0.3, 0.4) is 0 Å². The first-order valence-electron chi connectivity index (χ1n) is 8.83. The zero-order chi connectivity index (χ0) is 15.8. The van der Waals surface area contributed by atoms with E-state index in [1.54, 1.807) is 4.68 Å². The molecule has 3 aliphatic rings. The van der Waals surface area contributed by atoms with E-state index in [0.717, 1.165) is 56.4 Å². The molecule has 6 nitrogen and oxygen atoms in total. The second kappa shape index (κ2) is 6.24. The molecule has 126 valence electrons. The Balaban J connectivity index is 1.42. The maximum Gasteiger partial charge on any atom is 0.257 e. The summed E-state index contributed by atoms with van der Waals surface area (Å²) in [5.74, 6) is 1.34. The van der Waals surface area contributed by atoms with Gasteiger partial charge in [-0.25, -0.2) is 0 Å². The topological polar surface area (TPSA) is 50.6 Å². The number of hydrogen-bond acceptors (Lipinski definition) is 4. The molecule has 1 aromatic heterocycles. The van der Waals surface area contributed by atoms with Gasteiger partial charge in [0, 0.05) is 58.5 Å². The summed E-state index contributed by atoms with van der Waals surface area (Å²) in [6.45, 7) is 6.36. The third-order valence-electron chi connectivity index (χ3n) is 5.28. The third-order valence-corrected chi connectivity index (χ3v) is 5.28. The van der Waals surface area contributed by atoms with E-state index in [4.69, 9.17) is 4.74 Å². The summed E-state index contributed by atoms with van der Waals surface area (Å²) in [7, 11) is 1.89. The van der Waals surface area contributed by atoms with Gasteiger partial charge in [-0.1, -0.05) is 0 Å². The van der Waals surface area contributed by atoms with E-state index in [2.05, 4.69) is 10.00 Å². The van der Waals surface area contributed by atoms with Gasteiger partial charge in [0.05, 0.1) is 17.9 Å². The summed E-state index contributed by atoms with van der Waals surface area (Å²) in [5.41, 5.74) is 1.70. The average molecular weight is 318 g/mol. The number of nitrogens with zero attached hydrogens (tertiary/aromatic N) is 4. The largest absolute Gasteiger partial charge is 0.381 e. The Morgan fingerprint density at radius 3 is 2.70 bits per heavy atom. The maximum absolute atomic E-state index is 12.9. The van der Waals surface area contributed by atoms with Crippen molar-refractivity contribution in [3.63, 3.8) is 0 Å². The van der Waals surface area contributed by atoms with Crippen molar-refractivity contribution in [1.29, 1.82) is 0 Å². The Morgan fingerprint density at radius 2 is 2.04 bits per heavy atom. The molecule has 1 saturated carbocycles. The van der Waals surface area contributed by atoms with Crippen LogP contribution in [0.25, 0.3) is 0 Å². The average Bonchev–Trinajstić information content (AvgIpc) is 3.06. The molecule has 1 amide bonds. The smallest absolute Gasteiger partial charge is 0.257 e. The summed E-state index contributed by atoms with van der Waals surface area (Å²) in [6, 6.07) is 0. The SMILES string of the molecule is Cn1cc(C(=O)N2CCN(CC3CC3)CC2)c([C@H]2CCOC2)n1. The molecule has 2 saturated heterocycles. The van der Waals surface area contributed by atoms with Crippen LogP contribution >= 0.6 is 0 Å². The van der Waals surface area contributed by atoms with Crippen molar-refractivity contribution in [3.8, 4) is 0 Å². The third kappa shape index (κ3) is 3.28. The van der Waals surface area contributed by atoms with E-state index in [0.29, 0.717) is 6.61 Å². The Morgan fingerprint density at radius 1 is 1.26 bits per heavy atom. The van der Waals surface area contributed by atoms with Gasteiger partial charge in [0.1, 0.15) is 0 Å². The number of amides is 1. The van der Waals surface area contributed by atoms with Gasteiger partial charge in [0.25, 0.3) is 5.91 Å². The lowest BCUT2D eigenvalue weighted by Gasteiger charge is -2.34. The lowest BCUT2D eigenvalue weighted by atomic mass is 10.0. The molecule has 1 aliphatic carbocycles. The minimum Gasteiger partial charge on any atom is -0.381 e. The van der Waals surface area contributed by atoms with Crippen molar-refractivity contribution in [2.45, 2.75) is 25.2 Å². The van der Waals surface area contributed by atoms with Crippen LogP contribution in [0.1, 0.15) is 41.2 Å². The number of rotatable bonds is 4. The van der Waals surface area contributed by atoms with Crippen LogP contribution < -0.4 is 0 Å². The van der Waals surface area contributed by atoms with Crippen molar-refractivity contribution < 1.29 is 9.53 Å². The van der Waals surface area contributed by atoms with Gasteiger partial charge >= 0.3 is 0 Å². The van der Waals surface area contributed by atoms with Gasteiger partial charge in [-0.3, -0.25) is 14.4 Å². The Hall–Kier alpha value is -1.40. The van der Waals surface area contributed by atoms with Gasteiger partial charge in [-0.2, -0.15) is 5.10 Å². The highest BCUT2D eigenvalue weighted by Crippen LogP contribution is 2.30. The fourth-order valence-electron chi connectivity index (χ4n) is 3.69. The van der Waals surface area contributed by atoms with Crippen LogP contribution in [0, 0.1) is 5.92 Å². The molecule has 1 aromatic rings. The normalized spacial score (nSPS) is 26.0. The van der Waals surface area contributed by atoms with Gasteiger partial charge < -0.3 is 9.64 Å². The molecule has 3 fully saturated rings. The molecule has 6 heteroatoms. The van der Waals surface area contributed by atoms with Crippen LogP contribution in [-0.2, 0) is 11.8 Å². The molecule has 4 rings (SSSR count). The predicted octanol–water partition coefficient (Wildman–Crippen LogP) is 1.09. The van der Waals surface area contributed by atoms with E-state index >= 15 is 0 Å². The van der Waals surface area contributed by atoms with E-state index in [1.807, 2.05) is 18.1 Å². The fourth-order valence-corrected chi connectivity index (χ4v) is 3.69. The predicted molar refractivity (Wildman–Crippen MR) is 86.5 cm³/mol. The van der Waals surface area contributed by atoms with E-state index < -0.39 is 0 Å². The van der Waals surface area contributed by atoms with Crippen molar-refractivity contribution in [2.24, 2.45) is 13.0 Å². The number of carbonyl (C=O) groups excluding carboxylic acids is 1. The minimum atomic E-state index is 0.145. The van der Waals surface area contributed by atoms with Crippen LogP contribution in [0.2, 0.25) is 0 Å². The Bertz CT molecular complexity index is 567. The summed E-state index contributed by atoms with van der Waals surface area (Å²) in [6.07, 6.45) is 5.63. The molecule has 23 heavy (non-hydrogen) atoms. The molecule has 0 bridgehead atoms. The van der Waals surface area contributed by atoms with Crippen LogP contribution in [0.4, 0.5) is 0 Å². The first-order chi connectivity index (χ1) is 11.2. The maximum atomic E-state index is 12.9. The summed E-state index contributed by atoms with van der Waals surface area (Å²) in [5, 5.41) is 4.55. The zero-order valence-corrected chi connectivity index (χ0v) is 13.9. The number of hydrogen-bond donors (Lipinski definition) is 0. The van der Waals surface area contributed by atoms with Gasteiger partial charge in [0.15, 0.2) is 0 Å². The number of piperazine rings is 1. The molecule has 0 N–H and O–H groups in total. The highest BCUT2D eigenvalue weighted by atomic mass is 16.5. The lowest BCUT2D eigenvalue weighted by molar-refractivity contribution is 0.0630. The summed E-state index contributed by atoms with van der Waals surface area (Å²) in [4.78, 5) is 17.5. The van der Waals surface area contributed by atoms with Gasteiger partial charge in [-0.15, -0.1) is 0 Å². The minimum absolute atomic E-state index is 0.145. The van der Waals surface area contributed by atoms with Crippen LogP contribution in [-0.4, -0.2) is 71.4 Å². The van der Waals surface area contributed by atoms with Crippen LogP contribution in [0.5, 0.6) is 0 Å². The molecule has 2 aliphatic heterocycles. The number of carbonyl (C=O) groups is 1. The Labute approximate surface area is 137 Å². The highest BCUT2D eigenvalue weighted by Gasteiger charge is 2.31. The molecule has 0 aromatic carbocycles. The second-order valence-corrected chi connectivity index (χ2v) is 7.20. The standard InChI is InChI=1S/C17H26N4O2/c1-19-11-15(16(18-19)14-4-9-23-12-14)17(22)21-7-5-20(6-8-21)10-13-2-3-13/h11,13-14H,2-10,12H2,1H3/t14-/m0/s1. The first kappa shape index (κ1) is 15.1. The van der Waals surface area contributed by atoms with Gasteiger partial charge in [0.2, 0.25) is 0 Å². The van der Waals surface area contributed by atoms with Crippen molar-refractivity contribution >= 4 is 5.91 Å². The lowest BCUT2D eigenvalue weighted by Crippen LogP contribution is -2.49. The van der Waals surface area contributed by atoms with E-state index in [-0.39, 0.29) is 11.8 Å².